The maximum atomic E-state index is 13.6. The van der Waals surface area contributed by atoms with E-state index in [-0.39, 0.29) is 5.13 Å². The van der Waals surface area contributed by atoms with E-state index in [9.17, 15) is 12.8 Å². The van der Waals surface area contributed by atoms with Gasteiger partial charge in [-0.25, -0.2) is 17.8 Å². The minimum absolute atomic E-state index is 0.171. The van der Waals surface area contributed by atoms with Crippen molar-refractivity contribution in [2.75, 3.05) is 4.72 Å². The number of halogens is 3. The molecule has 0 amide bonds. The van der Waals surface area contributed by atoms with Crippen LogP contribution >= 0.6 is 43.2 Å². The van der Waals surface area contributed by atoms with Crippen LogP contribution in [0.15, 0.2) is 37.6 Å². The molecule has 0 aliphatic rings. The van der Waals surface area contributed by atoms with E-state index in [4.69, 9.17) is 0 Å². The van der Waals surface area contributed by atoms with Crippen molar-refractivity contribution < 1.29 is 12.8 Å². The van der Waals surface area contributed by atoms with Gasteiger partial charge in [-0.05, 0) is 34.1 Å². The van der Waals surface area contributed by atoms with Gasteiger partial charge < -0.3 is 0 Å². The molecule has 0 atom stereocenters. The molecule has 0 aliphatic carbocycles. The lowest BCUT2D eigenvalue weighted by molar-refractivity contribution is 0.570. The number of rotatable bonds is 3. The van der Waals surface area contributed by atoms with E-state index in [0.29, 0.717) is 8.26 Å². The summed E-state index contributed by atoms with van der Waals surface area (Å²) in [5.41, 5.74) is 0. The van der Waals surface area contributed by atoms with Gasteiger partial charge in [0.1, 0.15) is 10.7 Å². The number of sulfonamides is 1. The molecule has 9 heteroatoms. The Morgan fingerprint density at radius 2 is 2.06 bits per heavy atom. The van der Waals surface area contributed by atoms with Crippen molar-refractivity contribution in [1.82, 2.24) is 4.98 Å². The molecule has 1 heterocycles. The number of benzene rings is 1. The monoisotopic (exact) mass is 414 g/mol. The first-order valence-electron chi connectivity index (χ1n) is 4.48. The number of hydrogen-bond acceptors (Lipinski definition) is 4. The fourth-order valence-corrected chi connectivity index (χ4v) is 3.91. The molecule has 0 unspecified atom stereocenters. The summed E-state index contributed by atoms with van der Waals surface area (Å²) < 4.78 is 40.8. The van der Waals surface area contributed by atoms with E-state index in [1.165, 1.54) is 18.3 Å². The van der Waals surface area contributed by atoms with Crippen LogP contribution in [0, 0.1) is 5.82 Å². The largest absolute Gasteiger partial charge is 0.266 e. The smallest absolute Gasteiger partial charge is 0.255 e. The number of hydrogen-bond donors (Lipinski definition) is 1. The Kier molecular flexibility index (Phi) is 4.05. The summed E-state index contributed by atoms with van der Waals surface area (Å²) in [7, 11) is -3.97. The van der Waals surface area contributed by atoms with Crippen molar-refractivity contribution in [3.8, 4) is 0 Å². The molecule has 0 radical (unpaired) electrons. The Morgan fingerprint density at radius 1 is 1.33 bits per heavy atom. The third kappa shape index (κ3) is 3.08. The number of nitrogens with one attached hydrogen (secondary N) is 1. The van der Waals surface area contributed by atoms with Crippen LogP contribution in [0.1, 0.15) is 0 Å². The zero-order valence-corrected chi connectivity index (χ0v) is 13.3. The molecule has 96 valence electrons. The summed E-state index contributed by atoms with van der Waals surface area (Å²) in [6.45, 7) is 0. The van der Waals surface area contributed by atoms with Crippen LogP contribution < -0.4 is 4.72 Å². The van der Waals surface area contributed by atoms with Gasteiger partial charge in [0.15, 0.2) is 5.13 Å². The molecule has 2 rings (SSSR count). The van der Waals surface area contributed by atoms with E-state index in [1.54, 1.807) is 0 Å². The van der Waals surface area contributed by atoms with Crippen molar-refractivity contribution in [2.24, 2.45) is 0 Å². The third-order valence-electron chi connectivity index (χ3n) is 1.88. The van der Waals surface area contributed by atoms with Crippen LogP contribution in [-0.4, -0.2) is 13.4 Å². The summed E-state index contributed by atoms with van der Waals surface area (Å²) in [6.07, 6.45) is 1.46. The highest BCUT2D eigenvalue weighted by Crippen LogP contribution is 2.26. The average Bonchev–Trinajstić information content (AvgIpc) is 2.62. The molecule has 1 N–H and O–H groups in total. The average molecular weight is 416 g/mol. The van der Waals surface area contributed by atoms with Crippen LogP contribution in [0.5, 0.6) is 0 Å². The molecule has 18 heavy (non-hydrogen) atoms. The molecule has 0 fully saturated rings. The molecule has 4 nitrogen and oxygen atoms in total. The topological polar surface area (TPSA) is 59.1 Å². The van der Waals surface area contributed by atoms with Crippen molar-refractivity contribution in [2.45, 2.75) is 4.90 Å². The molecule has 2 aromatic rings. The van der Waals surface area contributed by atoms with Gasteiger partial charge in [-0.2, -0.15) is 0 Å². The summed E-state index contributed by atoms with van der Waals surface area (Å²) in [5.74, 6) is -0.826. The standard InChI is InChI=1S/C9H5Br2FN2O2S2/c10-5-1-2-7(6(12)3-5)18(15,16)14-9-13-4-8(11)17-9/h1-4H,(H,13,14). The number of aromatic nitrogens is 1. The minimum atomic E-state index is -3.97. The predicted octanol–water partition coefficient (Wildman–Crippen LogP) is 3.61. The van der Waals surface area contributed by atoms with Crippen LogP contribution in [0.4, 0.5) is 9.52 Å². The Hall–Kier alpha value is -0.510. The van der Waals surface area contributed by atoms with Gasteiger partial charge in [-0.1, -0.05) is 27.3 Å². The second-order valence-electron chi connectivity index (χ2n) is 3.15. The lowest BCUT2D eigenvalue weighted by Gasteiger charge is -2.06. The highest BCUT2D eigenvalue weighted by molar-refractivity contribution is 9.11. The first kappa shape index (κ1) is 13.9. The zero-order valence-electron chi connectivity index (χ0n) is 8.52. The van der Waals surface area contributed by atoms with Gasteiger partial charge in [0, 0.05) is 4.47 Å². The number of thiazole rings is 1. The lowest BCUT2D eigenvalue weighted by Crippen LogP contribution is -2.14. The quantitative estimate of drug-likeness (QED) is 0.832. The van der Waals surface area contributed by atoms with Crippen LogP contribution in [0.3, 0.4) is 0 Å². The molecule has 1 aromatic heterocycles. The second kappa shape index (κ2) is 5.24. The Bertz CT molecular complexity index is 688. The maximum absolute atomic E-state index is 13.6. The normalized spacial score (nSPS) is 11.5. The fraction of sp³-hybridized carbons (Fsp3) is 0. The van der Waals surface area contributed by atoms with Crippen molar-refractivity contribution in [3.05, 3.63) is 38.5 Å². The van der Waals surface area contributed by atoms with E-state index in [0.717, 1.165) is 17.4 Å². The van der Waals surface area contributed by atoms with Crippen LogP contribution in [-0.2, 0) is 10.0 Å². The summed E-state index contributed by atoms with van der Waals surface area (Å²) in [5, 5.41) is 0.171. The predicted molar refractivity (Wildman–Crippen MR) is 74.7 cm³/mol. The lowest BCUT2D eigenvalue weighted by atomic mass is 10.3. The molecular weight excluding hydrogens is 411 g/mol. The Balaban J connectivity index is 2.36. The molecule has 0 saturated carbocycles. The van der Waals surface area contributed by atoms with E-state index in [2.05, 4.69) is 41.6 Å². The molecule has 0 aliphatic heterocycles. The van der Waals surface area contributed by atoms with Crippen molar-refractivity contribution >= 4 is 58.4 Å². The SMILES string of the molecule is O=S(=O)(Nc1ncc(Br)s1)c1ccc(Br)cc1F. The van der Waals surface area contributed by atoms with Crippen molar-refractivity contribution in [1.29, 1.82) is 0 Å². The number of anilines is 1. The summed E-state index contributed by atoms with van der Waals surface area (Å²) in [6, 6.07) is 3.73. The van der Waals surface area contributed by atoms with E-state index in [1.807, 2.05) is 0 Å². The van der Waals surface area contributed by atoms with Crippen molar-refractivity contribution in [3.63, 3.8) is 0 Å². The van der Waals surface area contributed by atoms with Crippen LogP contribution in [0.2, 0.25) is 0 Å². The summed E-state index contributed by atoms with van der Waals surface area (Å²) >= 11 is 7.32. The van der Waals surface area contributed by atoms with E-state index < -0.39 is 20.7 Å². The van der Waals surface area contributed by atoms with E-state index >= 15 is 0 Å². The minimum Gasteiger partial charge on any atom is -0.255 e. The molecule has 0 saturated heterocycles. The maximum Gasteiger partial charge on any atom is 0.266 e. The van der Waals surface area contributed by atoms with Gasteiger partial charge in [0.2, 0.25) is 0 Å². The Labute approximate surface area is 124 Å². The van der Waals surface area contributed by atoms with Crippen LogP contribution in [0.25, 0.3) is 0 Å². The van der Waals surface area contributed by atoms with Gasteiger partial charge in [-0.3, -0.25) is 4.72 Å². The molecule has 1 aromatic carbocycles. The van der Waals surface area contributed by atoms with Gasteiger partial charge in [0.25, 0.3) is 10.0 Å². The number of nitrogens with zero attached hydrogens (tertiary/aromatic N) is 1. The first-order valence-corrected chi connectivity index (χ1v) is 8.36. The van der Waals surface area contributed by atoms with Gasteiger partial charge in [-0.15, -0.1) is 0 Å². The second-order valence-corrected chi connectivity index (χ2v) is 8.13. The zero-order chi connectivity index (χ0) is 13.3. The molecular formula is C9H5Br2FN2O2S2. The Morgan fingerprint density at radius 3 is 2.61 bits per heavy atom. The van der Waals surface area contributed by atoms with Gasteiger partial charge >= 0.3 is 0 Å². The molecule has 0 bridgehead atoms. The highest BCUT2D eigenvalue weighted by Gasteiger charge is 2.20. The highest BCUT2D eigenvalue weighted by atomic mass is 79.9. The third-order valence-corrected chi connectivity index (χ3v) is 5.27. The molecule has 0 spiro atoms. The van der Waals surface area contributed by atoms with Gasteiger partial charge in [0.05, 0.1) is 9.98 Å². The first-order chi connectivity index (χ1) is 8.38. The fourth-order valence-electron chi connectivity index (χ4n) is 1.16. The summed E-state index contributed by atoms with van der Waals surface area (Å²) in [4.78, 5) is 3.40.